The first kappa shape index (κ1) is 28.8. The Labute approximate surface area is 232 Å². The van der Waals surface area contributed by atoms with Crippen molar-refractivity contribution in [1.82, 2.24) is 15.3 Å². The van der Waals surface area contributed by atoms with Crippen molar-refractivity contribution in [3.63, 3.8) is 0 Å². The van der Waals surface area contributed by atoms with Gasteiger partial charge in [-0.05, 0) is 76.1 Å². The predicted molar refractivity (Wildman–Crippen MR) is 152 cm³/mol. The number of alkyl carbamates (subject to hydrolysis) is 1. The molecule has 0 spiro atoms. The summed E-state index contributed by atoms with van der Waals surface area (Å²) in [6.45, 7) is 8.13. The number of anilines is 2. The Morgan fingerprint density at radius 1 is 1.08 bits per heavy atom. The Morgan fingerprint density at radius 2 is 1.87 bits per heavy atom. The molecule has 0 aliphatic rings. The third-order valence-corrected chi connectivity index (χ3v) is 5.41. The molecule has 9 nitrogen and oxygen atoms in total. The Kier molecular flexibility index (Phi) is 9.98. The maximum atomic E-state index is 12.9. The van der Waals surface area contributed by atoms with Crippen molar-refractivity contribution in [2.45, 2.75) is 39.7 Å². The molecule has 0 bridgehead atoms. The van der Waals surface area contributed by atoms with Crippen molar-refractivity contribution in [3.8, 4) is 5.75 Å². The lowest BCUT2D eigenvalue weighted by atomic mass is 10.1. The number of thiocarbonyl (C=S) groups is 1. The molecule has 11 heteroatoms. The van der Waals surface area contributed by atoms with E-state index in [9.17, 15) is 9.59 Å². The van der Waals surface area contributed by atoms with E-state index in [1.165, 1.54) is 12.4 Å². The lowest BCUT2D eigenvalue weighted by Crippen LogP contribution is -2.33. The summed E-state index contributed by atoms with van der Waals surface area (Å²) in [5.41, 5.74) is 1.67. The van der Waals surface area contributed by atoms with E-state index in [0.717, 1.165) is 5.56 Å². The van der Waals surface area contributed by atoms with Gasteiger partial charge in [-0.25, -0.2) is 14.8 Å². The van der Waals surface area contributed by atoms with Crippen LogP contribution in [-0.4, -0.2) is 45.7 Å². The lowest BCUT2D eigenvalue weighted by Gasteiger charge is -2.19. The van der Waals surface area contributed by atoms with Gasteiger partial charge in [-0.15, -0.1) is 0 Å². The van der Waals surface area contributed by atoms with Gasteiger partial charge in [0.15, 0.2) is 5.69 Å². The average molecular weight is 556 g/mol. The Morgan fingerprint density at radius 3 is 2.58 bits per heavy atom. The molecule has 0 aliphatic carbocycles. The summed E-state index contributed by atoms with van der Waals surface area (Å²) in [5, 5.41) is 8.98. The molecule has 0 unspecified atom stereocenters. The zero-order valence-electron chi connectivity index (χ0n) is 21.6. The van der Waals surface area contributed by atoms with Gasteiger partial charge >= 0.3 is 6.09 Å². The Bertz CT molecular complexity index is 1300. The van der Waals surface area contributed by atoms with E-state index in [-0.39, 0.29) is 5.69 Å². The van der Waals surface area contributed by atoms with Crippen LogP contribution in [0.4, 0.5) is 16.3 Å². The molecule has 2 amide bonds. The van der Waals surface area contributed by atoms with Crippen molar-refractivity contribution in [1.29, 1.82) is 0 Å². The quantitative estimate of drug-likeness (QED) is 0.225. The van der Waals surface area contributed by atoms with Gasteiger partial charge in [-0.3, -0.25) is 4.79 Å². The minimum absolute atomic E-state index is 0.148. The normalized spacial score (nSPS) is 10.9. The van der Waals surface area contributed by atoms with Crippen LogP contribution in [0, 0.1) is 6.92 Å². The fraction of sp³-hybridized carbons (Fsp3) is 0.296. The Balaban J connectivity index is 1.64. The summed E-state index contributed by atoms with van der Waals surface area (Å²) in [5.74, 6) is 0.470. The molecule has 0 saturated heterocycles. The first-order chi connectivity index (χ1) is 18.0. The molecule has 38 heavy (non-hydrogen) atoms. The van der Waals surface area contributed by atoms with Gasteiger partial charge in [0.25, 0.3) is 5.91 Å². The molecule has 1 aromatic carbocycles. The molecule has 0 saturated carbocycles. The van der Waals surface area contributed by atoms with E-state index >= 15 is 0 Å². The molecule has 0 atom stereocenters. The maximum absolute atomic E-state index is 12.9. The third-order valence-electron chi connectivity index (χ3n) is 4.87. The molecule has 3 rings (SSSR count). The molecular formula is C27H30ClN5O4S. The number of halogens is 1. The number of hydrogen-bond donors (Lipinski definition) is 3. The molecule has 3 N–H and O–H groups in total. The fourth-order valence-electron chi connectivity index (χ4n) is 3.20. The van der Waals surface area contributed by atoms with Gasteiger partial charge < -0.3 is 25.4 Å². The first-order valence-electron chi connectivity index (χ1n) is 11.9. The van der Waals surface area contributed by atoms with Gasteiger partial charge in [0.05, 0.1) is 22.9 Å². The molecule has 3 aromatic rings. The minimum Gasteiger partial charge on any atom is -0.493 e. The van der Waals surface area contributed by atoms with E-state index in [4.69, 9.17) is 33.3 Å². The second-order valence-corrected chi connectivity index (χ2v) is 10.1. The molecule has 0 aliphatic heterocycles. The summed E-state index contributed by atoms with van der Waals surface area (Å²) < 4.78 is 11.2. The Hall–Kier alpha value is -3.76. The van der Waals surface area contributed by atoms with Gasteiger partial charge in [0, 0.05) is 18.9 Å². The van der Waals surface area contributed by atoms with Gasteiger partial charge in [-0.1, -0.05) is 29.9 Å². The van der Waals surface area contributed by atoms with Gasteiger partial charge in [0.1, 0.15) is 22.2 Å². The summed E-state index contributed by atoms with van der Waals surface area (Å²) in [6, 6.07) is 12.3. The molecule has 0 radical (unpaired) electrons. The number of carbonyl (C=O) groups excluding carboxylic acids is 2. The van der Waals surface area contributed by atoms with E-state index in [0.29, 0.717) is 52.4 Å². The second-order valence-electron chi connectivity index (χ2n) is 9.30. The van der Waals surface area contributed by atoms with Crippen molar-refractivity contribution < 1.29 is 19.1 Å². The number of aryl methyl sites for hydroxylation is 1. The van der Waals surface area contributed by atoms with E-state index in [1.807, 2.05) is 45.9 Å². The summed E-state index contributed by atoms with van der Waals surface area (Å²) >= 11 is 11.5. The summed E-state index contributed by atoms with van der Waals surface area (Å²) in [4.78, 5) is 33.3. The average Bonchev–Trinajstić information content (AvgIpc) is 2.84. The number of hydrogen-bond acceptors (Lipinski definition) is 7. The lowest BCUT2D eigenvalue weighted by molar-refractivity contribution is 0.0525. The van der Waals surface area contributed by atoms with Crippen LogP contribution in [0.2, 0.25) is 5.02 Å². The first-order valence-corrected chi connectivity index (χ1v) is 12.7. The van der Waals surface area contributed by atoms with Crippen molar-refractivity contribution >= 4 is 52.3 Å². The SMILES string of the molecule is Cc1ccc(C(=S)Nc2cccnc2C(=O)Nc2ccc(Cl)cn2)c(OCCCNC(=O)OC(C)(C)C)c1. The van der Waals surface area contributed by atoms with E-state index in [1.54, 1.807) is 24.3 Å². The highest BCUT2D eigenvalue weighted by Crippen LogP contribution is 2.24. The van der Waals surface area contributed by atoms with Crippen LogP contribution in [0.5, 0.6) is 5.75 Å². The second kappa shape index (κ2) is 13.2. The van der Waals surface area contributed by atoms with Crippen molar-refractivity contribution in [3.05, 3.63) is 76.7 Å². The number of benzene rings is 1. The van der Waals surface area contributed by atoms with Crippen LogP contribution in [0.3, 0.4) is 0 Å². The number of aromatic nitrogens is 2. The smallest absolute Gasteiger partial charge is 0.407 e. The number of nitrogens with one attached hydrogen (secondary N) is 3. The number of ether oxygens (including phenoxy) is 2. The highest BCUT2D eigenvalue weighted by Gasteiger charge is 2.18. The zero-order chi connectivity index (χ0) is 27.7. The topological polar surface area (TPSA) is 114 Å². The van der Waals surface area contributed by atoms with Crippen LogP contribution < -0.4 is 20.7 Å². The molecule has 0 fully saturated rings. The third kappa shape index (κ3) is 8.97. The largest absolute Gasteiger partial charge is 0.493 e. The van der Waals surface area contributed by atoms with Crippen molar-refractivity contribution in [2.75, 3.05) is 23.8 Å². The number of amides is 2. The van der Waals surface area contributed by atoms with Crippen LogP contribution >= 0.6 is 23.8 Å². The van der Waals surface area contributed by atoms with E-state index < -0.39 is 17.6 Å². The highest BCUT2D eigenvalue weighted by atomic mass is 35.5. The number of carbonyl (C=O) groups is 2. The zero-order valence-corrected chi connectivity index (χ0v) is 23.2. The monoisotopic (exact) mass is 555 g/mol. The minimum atomic E-state index is -0.554. The van der Waals surface area contributed by atoms with Crippen LogP contribution in [0.25, 0.3) is 0 Å². The maximum Gasteiger partial charge on any atom is 0.407 e. The molecule has 200 valence electrons. The summed E-state index contributed by atoms with van der Waals surface area (Å²) in [7, 11) is 0. The molecule has 2 aromatic heterocycles. The number of pyridine rings is 2. The van der Waals surface area contributed by atoms with Gasteiger partial charge in [-0.2, -0.15) is 0 Å². The van der Waals surface area contributed by atoms with Crippen LogP contribution in [0.1, 0.15) is 48.8 Å². The molecular weight excluding hydrogens is 526 g/mol. The van der Waals surface area contributed by atoms with Gasteiger partial charge in [0.2, 0.25) is 0 Å². The van der Waals surface area contributed by atoms with E-state index in [2.05, 4.69) is 25.9 Å². The number of rotatable bonds is 9. The van der Waals surface area contributed by atoms with Crippen LogP contribution in [0.15, 0.2) is 54.9 Å². The fourth-order valence-corrected chi connectivity index (χ4v) is 3.59. The molecule has 2 heterocycles. The summed E-state index contributed by atoms with van der Waals surface area (Å²) in [6.07, 6.45) is 3.06. The number of nitrogens with zero attached hydrogens (tertiary/aromatic N) is 2. The highest BCUT2D eigenvalue weighted by molar-refractivity contribution is 7.81. The predicted octanol–water partition coefficient (Wildman–Crippen LogP) is 5.77. The standard InChI is InChI=1S/C27H30ClN5O4S/c1-17-8-10-19(21(15-17)36-14-6-13-30-26(35)37-27(2,3)4)25(38)32-20-7-5-12-29-23(20)24(34)33-22-11-9-18(28)16-31-22/h5,7-12,15-16H,6,13-14H2,1-4H3,(H,30,35)(H,32,38)(H,31,33,34). The van der Waals surface area contributed by atoms with Crippen molar-refractivity contribution in [2.24, 2.45) is 0 Å². The van der Waals surface area contributed by atoms with Crippen LogP contribution in [-0.2, 0) is 4.74 Å².